The Morgan fingerprint density at radius 1 is 1.53 bits per heavy atom. The van der Waals surface area contributed by atoms with E-state index in [0.717, 1.165) is 6.07 Å². The molecule has 0 saturated heterocycles. The fraction of sp³-hybridized carbons (Fsp3) is 0.333. The van der Waals surface area contributed by atoms with Crippen molar-refractivity contribution in [3.63, 3.8) is 0 Å². The van der Waals surface area contributed by atoms with Gasteiger partial charge in [0, 0.05) is 29.7 Å². The molecule has 0 radical (unpaired) electrons. The summed E-state index contributed by atoms with van der Waals surface area (Å²) in [6, 6.07) is 3.48. The predicted octanol–water partition coefficient (Wildman–Crippen LogP) is 1.93. The summed E-state index contributed by atoms with van der Waals surface area (Å²) < 4.78 is 12.9. The van der Waals surface area contributed by atoms with Crippen molar-refractivity contribution >= 4 is 17.4 Å². The molecule has 0 aliphatic heterocycles. The Morgan fingerprint density at radius 2 is 2.27 bits per heavy atom. The van der Waals surface area contributed by atoms with Crippen LogP contribution in [0.5, 0.6) is 0 Å². The van der Waals surface area contributed by atoms with Gasteiger partial charge in [-0.2, -0.15) is 11.8 Å². The van der Waals surface area contributed by atoms with Gasteiger partial charge in [0.1, 0.15) is 5.82 Å². The molecule has 82 valence electrons. The number of rotatable bonds is 5. The van der Waals surface area contributed by atoms with E-state index >= 15 is 0 Å². The van der Waals surface area contributed by atoms with Crippen LogP contribution in [0.3, 0.4) is 0 Å². The number of nitrogens with zero attached hydrogens (tertiary/aromatic N) is 1. The number of nitro groups is 1. The Bertz CT molecular complexity index is 360. The highest BCUT2D eigenvalue weighted by atomic mass is 32.2. The van der Waals surface area contributed by atoms with Gasteiger partial charge in [0.05, 0.1) is 4.92 Å². The van der Waals surface area contributed by atoms with Gasteiger partial charge in [0.2, 0.25) is 0 Å². The van der Waals surface area contributed by atoms with E-state index in [1.807, 2.05) is 0 Å². The van der Waals surface area contributed by atoms with Crippen LogP contribution in [0.1, 0.15) is 5.56 Å². The summed E-state index contributed by atoms with van der Waals surface area (Å²) >= 11 is 1.45. The van der Waals surface area contributed by atoms with Gasteiger partial charge in [-0.3, -0.25) is 10.1 Å². The van der Waals surface area contributed by atoms with E-state index < -0.39 is 10.7 Å². The number of benzene rings is 1. The molecule has 0 fully saturated rings. The lowest BCUT2D eigenvalue weighted by Crippen LogP contribution is -2.02. The Labute approximate surface area is 90.8 Å². The van der Waals surface area contributed by atoms with Crippen molar-refractivity contribution in [2.45, 2.75) is 5.75 Å². The summed E-state index contributed by atoms with van der Waals surface area (Å²) in [5, 5.41) is 10.6. The Hall–Kier alpha value is -1.14. The molecule has 1 aromatic carbocycles. The van der Waals surface area contributed by atoms with Crippen molar-refractivity contribution in [1.82, 2.24) is 0 Å². The largest absolute Gasteiger partial charge is 0.330 e. The van der Waals surface area contributed by atoms with Gasteiger partial charge in [0.15, 0.2) is 0 Å². The van der Waals surface area contributed by atoms with Crippen LogP contribution in [0.25, 0.3) is 0 Å². The third-order valence-electron chi connectivity index (χ3n) is 1.76. The molecule has 0 heterocycles. The number of hydrogen-bond acceptors (Lipinski definition) is 4. The first-order chi connectivity index (χ1) is 7.15. The fourth-order valence-corrected chi connectivity index (χ4v) is 1.88. The minimum absolute atomic E-state index is 0.0408. The maximum Gasteiger partial charge on any atom is 0.273 e. The van der Waals surface area contributed by atoms with Crippen LogP contribution in [-0.2, 0) is 5.75 Å². The lowest BCUT2D eigenvalue weighted by Gasteiger charge is -2.02. The molecular weight excluding hydrogens is 219 g/mol. The molecule has 0 saturated carbocycles. The van der Waals surface area contributed by atoms with Gasteiger partial charge in [-0.05, 0) is 12.1 Å². The van der Waals surface area contributed by atoms with E-state index in [4.69, 9.17) is 5.73 Å². The maximum absolute atomic E-state index is 12.9. The molecule has 1 aromatic rings. The molecule has 4 nitrogen and oxygen atoms in total. The van der Waals surface area contributed by atoms with Crippen molar-refractivity contribution in [3.8, 4) is 0 Å². The summed E-state index contributed by atoms with van der Waals surface area (Å²) in [4.78, 5) is 10.1. The first kappa shape index (κ1) is 11.9. The van der Waals surface area contributed by atoms with E-state index in [1.54, 1.807) is 0 Å². The second-order valence-corrected chi connectivity index (χ2v) is 3.98. The third-order valence-corrected chi connectivity index (χ3v) is 2.80. The van der Waals surface area contributed by atoms with E-state index in [0.29, 0.717) is 23.6 Å². The first-order valence-corrected chi connectivity index (χ1v) is 5.51. The second-order valence-electron chi connectivity index (χ2n) is 2.87. The lowest BCUT2D eigenvalue weighted by molar-refractivity contribution is -0.385. The Balaban J connectivity index is 2.82. The van der Waals surface area contributed by atoms with Crippen molar-refractivity contribution in [2.75, 3.05) is 12.3 Å². The molecule has 0 spiro atoms. The smallest absolute Gasteiger partial charge is 0.273 e. The molecule has 0 aromatic heterocycles. The van der Waals surface area contributed by atoms with Crippen LogP contribution in [0.4, 0.5) is 10.1 Å². The number of halogens is 1. The molecule has 15 heavy (non-hydrogen) atoms. The Morgan fingerprint density at radius 3 is 2.87 bits per heavy atom. The monoisotopic (exact) mass is 230 g/mol. The zero-order valence-corrected chi connectivity index (χ0v) is 8.80. The van der Waals surface area contributed by atoms with Crippen LogP contribution in [0.15, 0.2) is 18.2 Å². The van der Waals surface area contributed by atoms with Crippen LogP contribution in [-0.4, -0.2) is 17.2 Å². The van der Waals surface area contributed by atoms with Crippen molar-refractivity contribution in [2.24, 2.45) is 5.73 Å². The van der Waals surface area contributed by atoms with Crippen LogP contribution >= 0.6 is 11.8 Å². The van der Waals surface area contributed by atoms with Crippen molar-refractivity contribution in [1.29, 1.82) is 0 Å². The molecular formula is C9H11FN2O2S. The molecule has 0 atom stereocenters. The molecule has 0 unspecified atom stereocenters. The summed E-state index contributed by atoms with van der Waals surface area (Å²) in [5.41, 5.74) is 5.65. The zero-order chi connectivity index (χ0) is 11.3. The summed E-state index contributed by atoms with van der Waals surface area (Å²) in [7, 11) is 0. The minimum Gasteiger partial charge on any atom is -0.330 e. The predicted molar refractivity (Wildman–Crippen MR) is 58.3 cm³/mol. The number of thioether (sulfide) groups is 1. The highest BCUT2D eigenvalue weighted by Gasteiger charge is 2.13. The second kappa shape index (κ2) is 5.67. The fourth-order valence-electron chi connectivity index (χ4n) is 1.11. The van der Waals surface area contributed by atoms with Crippen molar-refractivity contribution < 1.29 is 9.31 Å². The minimum atomic E-state index is -0.502. The van der Waals surface area contributed by atoms with E-state index in [1.165, 1.54) is 23.9 Å². The van der Waals surface area contributed by atoms with E-state index in [2.05, 4.69) is 0 Å². The molecule has 1 rings (SSSR count). The van der Waals surface area contributed by atoms with E-state index in [-0.39, 0.29) is 5.69 Å². The van der Waals surface area contributed by atoms with Gasteiger partial charge in [-0.15, -0.1) is 0 Å². The van der Waals surface area contributed by atoms with Crippen LogP contribution < -0.4 is 5.73 Å². The molecule has 6 heteroatoms. The summed E-state index contributed by atoms with van der Waals surface area (Å²) in [6.45, 7) is 0.508. The molecule has 2 N–H and O–H groups in total. The third kappa shape index (κ3) is 3.49. The van der Waals surface area contributed by atoms with Gasteiger partial charge >= 0.3 is 0 Å². The topological polar surface area (TPSA) is 69.2 Å². The molecule has 0 amide bonds. The maximum atomic E-state index is 12.9. The number of nitro benzene ring substituents is 1. The lowest BCUT2D eigenvalue weighted by atomic mass is 10.2. The molecule has 0 aliphatic rings. The average Bonchev–Trinajstić information content (AvgIpc) is 2.18. The van der Waals surface area contributed by atoms with Crippen LogP contribution in [0, 0.1) is 15.9 Å². The molecule has 0 aliphatic carbocycles. The van der Waals surface area contributed by atoms with Gasteiger partial charge in [-0.1, -0.05) is 0 Å². The molecule has 0 bridgehead atoms. The van der Waals surface area contributed by atoms with Gasteiger partial charge < -0.3 is 5.73 Å². The van der Waals surface area contributed by atoms with Gasteiger partial charge in [0.25, 0.3) is 5.69 Å². The first-order valence-electron chi connectivity index (χ1n) is 4.35. The summed E-state index contributed by atoms with van der Waals surface area (Å²) in [6.07, 6.45) is 0. The van der Waals surface area contributed by atoms with Crippen LogP contribution in [0.2, 0.25) is 0 Å². The Kier molecular flexibility index (Phi) is 4.51. The number of nitrogens with two attached hydrogens (primary N) is 1. The van der Waals surface area contributed by atoms with Crippen molar-refractivity contribution in [3.05, 3.63) is 39.7 Å². The normalized spacial score (nSPS) is 10.3. The highest BCUT2D eigenvalue weighted by molar-refractivity contribution is 7.98. The van der Waals surface area contributed by atoms with E-state index in [9.17, 15) is 14.5 Å². The highest BCUT2D eigenvalue weighted by Crippen LogP contribution is 2.23. The SMILES string of the molecule is NCCSCc1cc(F)ccc1[N+](=O)[O-]. The number of hydrogen-bond donors (Lipinski definition) is 1. The average molecular weight is 230 g/mol. The van der Waals surface area contributed by atoms with Gasteiger partial charge in [-0.25, -0.2) is 4.39 Å². The zero-order valence-electron chi connectivity index (χ0n) is 7.98. The summed E-state index contributed by atoms with van der Waals surface area (Å²) in [5.74, 6) is 0.655. The quantitative estimate of drug-likeness (QED) is 0.476. The standard InChI is InChI=1S/C9H11FN2O2S/c10-8-1-2-9(12(13)14)7(5-8)6-15-4-3-11/h1-2,5H,3-4,6,11H2.